The molecule has 2 fully saturated rings. The van der Waals surface area contributed by atoms with Gasteiger partial charge in [-0.05, 0) is 43.2 Å². The lowest BCUT2D eigenvalue weighted by Crippen LogP contribution is -2.63. The molecule has 0 amide bonds. The molecular weight excluding hydrogens is 194 g/mol. The Labute approximate surface area is 91.1 Å². The van der Waals surface area contributed by atoms with Crippen LogP contribution in [0.25, 0.3) is 0 Å². The molecule has 0 aromatic rings. The number of rotatable bonds is 6. The topological polar surface area (TPSA) is 23.5 Å². The molecule has 1 saturated heterocycles. The number of hydrogen-bond donors (Lipinski definition) is 1. The van der Waals surface area contributed by atoms with Crippen molar-refractivity contribution >= 4 is 11.8 Å². The fourth-order valence-electron chi connectivity index (χ4n) is 2.30. The molecule has 0 radical (unpaired) electrons. The van der Waals surface area contributed by atoms with Gasteiger partial charge in [0.25, 0.3) is 0 Å². The Morgan fingerprint density at radius 3 is 2.71 bits per heavy atom. The summed E-state index contributed by atoms with van der Waals surface area (Å²) < 4.78 is 0. The van der Waals surface area contributed by atoms with E-state index in [-0.39, 0.29) is 5.60 Å². The minimum Gasteiger partial charge on any atom is -0.387 e. The van der Waals surface area contributed by atoms with E-state index in [1.165, 1.54) is 37.3 Å². The van der Waals surface area contributed by atoms with E-state index in [0.29, 0.717) is 5.92 Å². The Morgan fingerprint density at radius 2 is 2.14 bits per heavy atom. The molecule has 2 rings (SSSR count). The molecule has 82 valence electrons. The van der Waals surface area contributed by atoms with E-state index in [1.54, 1.807) is 0 Å². The molecule has 0 spiro atoms. The van der Waals surface area contributed by atoms with Gasteiger partial charge < -0.3 is 5.11 Å². The standard InChI is InChI=1S/C11H21NOS/c1-2-14-7-3-6-12-8-11(13,9-12)10-4-5-10/h10,13H,2-9H2,1H3. The van der Waals surface area contributed by atoms with Crippen LogP contribution in [0.5, 0.6) is 0 Å². The average Bonchev–Trinajstić information content (AvgIpc) is 2.91. The van der Waals surface area contributed by atoms with E-state index in [9.17, 15) is 5.11 Å². The Morgan fingerprint density at radius 1 is 1.43 bits per heavy atom. The predicted octanol–water partition coefficient (Wildman–Crippen LogP) is 1.59. The first-order valence-corrected chi connectivity index (χ1v) is 6.92. The van der Waals surface area contributed by atoms with E-state index < -0.39 is 0 Å². The number of aliphatic hydroxyl groups is 1. The van der Waals surface area contributed by atoms with Gasteiger partial charge in [-0.3, -0.25) is 4.90 Å². The minimum absolute atomic E-state index is 0.280. The van der Waals surface area contributed by atoms with Crippen molar-refractivity contribution in [3.8, 4) is 0 Å². The lowest BCUT2D eigenvalue weighted by Gasteiger charge is -2.47. The lowest BCUT2D eigenvalue weighted by atomic mass is 9.89. The number of nitrogens with zero attached hydrogens (tertiary/aromatic N) is 1. The van der Waals surface area contributed by atoms with Crippen LogP contribution in [-0.4, -0.2) is 46.7 Å². The third-order valence-electron chi connectivity index (χ3n) is 3.30. The summed E-state index contributed by atoms with van der Waals surface area (Å²) in [5, 5.41) is 10.1. The van der Waals surface area contributed by atoms with Gasteiger partial charge in [-0.1, -0.05) is 6.92 Å². The van der Waals surface area contributed by atoms with Crippen molar-refractivity contribution in [1.29, 1.82) is 0 Å². The number of hydrogen-bond acceptors (Lipinski definition) is 3. The summed E-state index contributed by atoms with van der Waals surface area (Å²) in [5.74, 6) is 3.14. The molecule has 1 aliphatic carbocycles. The summed E-state index contributed by atoms with van der Waals surface area (Å²) in [4.78, 5) is 2.40. The van der Waals surface area contributed by atoms with Crippen LogP contribution in [0.3, 0.4) is 0 Å². The van der Waals surface area contributed by atoms with Crippen molar-refractivity contribution in [2.75, 3.05) is 31.1 Å². The molecule has 3 heteroatoms. The van der Waals surface area contributed by atoms with E-state index in [0.717, 1.165) is 13.1 Å². The smallest absolute Gasteiger partial charge is 0.0928 e. The molecule has 1 aliphatic heterocycles. The van der Waals surface area contributed by atoms with Gasteiger partial charge in [0.15, 0.2) is 0 Å². The zero-order chi connectivity index (χ0) is 10.0. The van der Waals surface area contributed by atoms with Crippen LogP contribution in [0, 0.1) is 5.92 Å². The highest BCUT2D eigenvalue weighted by Crippen LogP contribution is 2.44. The van der Waals surface area contributed by atoms with Gasteiger partial charge >= 0.3 is 0 Å². The van der Waals surface area contributed by atoms with Crippen molar-refractivity contribution < 1.29 is 5.11 Å². The van der Waals surface area contributed by atoms with Gasteiger partial charge in [0, 0.05) is 13.1 Å². The highest BCUT2D eigenvalue weighted by Gasteiger charge is 2.51. The van der Waals surface area contributed by atoms with Crippen LogP contribution in [0.15, 0.2) is 0 Å². The number of β-amino-alcohol motifs (C(OH)–C–C–N with tert-alkyl or cyclic N) is 1. The van der Waals surface area contributed by atoms with Crippen molar-refractivity contribution in [3.05, 3.63) is 0 Å². The second-order valence-electron chi connectivity index (χ2n) is 4.64. The van der Waals surface area contributed by atoms with Crippen LogP contribution in [0.1, 0.15) is 26.2 Å². The largest absolute Gasteiger partial charge is 0.387 e. The van der Waals surface area contributed by atoms with Crippen LogP contribution in [0.4, 0.5) is 0 Å². The first-order chi connectivity index (χ1) is 6.74. The fourth-order valence-corrected chi connectivity index (χ4v) is 2.92. The van der Waals surface area contributed by atoms with Gasteiger partial charge in [-0.2, -0.15) is 11.8 Å². The summed E-state index contributed by atoms with van der Waals surface area (Å²) in [6, 6.07) is 0. The quantitative estimate of drug-likeness (QED) is 0.681. The zero-order valence-corrected chi connectivity index (χ0v) is 9.85. The summed E-state index contributed by atoms with van der Waals surface area (Å²) in [5.41, 5.74) is -0.280. The van der Waals surface area contributed by atoms with Crippen LogP contribution in [-0.2, 0) is 0 Å². The summed E-state index contributed by atoms with van der Waals surface area (Å²) in [6.07, 6.45) is 3.80. The SMILES string of the molecule is CCSCCCN1CC(O)(C2CC2)C1. The highest BCUT2D eigenvalue weighted by atomic mass is 32.2. The lowest BCUT2D eigenvalue weighted by molar-refractivity contribution is -0.112. The molecule has 14 heavy (non-hydrogen) atoms. The third-order valence-corrected chi connectivity index (χ3v) is 4.28. The molecule has 0 atom stereocenters. The molecule has 0 aromatic heterocycles. The molecule has 1 heterocycles. The van der Waals surface area contributed by atoms with E-state index in [1.807, 2.05) is 11.8 Å². The van der Waals surface area contributed by atoms with E-state index in [2.05, 4.69) is 11.8 Å². The summed E-state index contributed by atoms with van der Waals surface area (Å²) >= 11 is 2.01. The number of likely N-dealkylation sites (tertiary alicyclic amines) is 1. The summed E-state index contributed by atoms with van der Waals surface area (Å²) in [7, 11) is 0. The molecular formula is C11H21NOS. The summed E-state index contributed by atoms with van der Waals surface area (Å²) in [6.45, 7) is 5.27. The Balaban J connectivity index is 1.54. The van der Waals surface area contributed by atoms with Crippen molar-refractivity contribution in [2.45, 2.75) is 31.8 Å². The van der Waals surface area contributed by atoms with Crippen LogP contribution >= 0.6 is 11.8 Å². The zero-order valence-electron chi connectivity index (χ0n) is 9.04. The minimum atomic E-state index is -0.280. The van der Waals surface area contributed by atoms with Gasteiger partial charge in [0.1, 0.15) is 0 Å². The van der Waals surface area contributed by atoms with Crippen molar-refractivity contribution in [1.82, 2.24) is 4.90 Å². The second kappa shape index (κ2) is 4.42. The molecule has 0 aromatic carbocycles. The van der Waals surface area contributed by atoms with Gasteiger partial charge in [-0.25, -0.2) is 0 Å². The van der Waals surface area contributed by atoms with Crippen molar-refractivity contribution in [3.63, 3.8) is 0 Å². The maximum Gasteiger partial charge on any atom is 0.0928 e. The predicted molar refractivity (Wildman–Crippen MR) is 61.7 cm³/mol. The monoisotopic (exact) mass is 215 g/mol. The average molecular weight is 215 g/mol. The Bertz CT molecular complexity index is 188. The van der Waals surface area contributed by atoms with Crippen LogP contribution in [0.2, 0.25) is 0 Å². The van der Waals surface area contributed by atoms with E-state index >= 15 is 0 Å². The van der Waals surface area contributed by atoms with Crippen LogP contribution < -0.4 is 0 Å². The molecule has 2 aliphatic rings. The first-order valence-electron chi connectivity index (χ1n) is 5.77. The highest BCUT2D eigenvalue weighted by molar-refractivity contribution is 7.99. The maximum absolute atomic E-state index is 10.1. The molecule has 1 N–H and O–H groups in total. The molecule has 0 unspecified atom stereocenters. The number of thioether (sulfide) groups is 1. The van der Waals surface area contributed by atoms with E-state index in [4.69, 9.17) is 0 Å². The Kier molecular flexibility index (Phi) is 3.40. The van der Waals surface area contributed by atoms with Gasteiger partial charge in [-0.15, -0.1) is 0 Å². The second-order valence-corrected chi connectivity index (χ2v) is 6.03. The first kappa shape index (κ1) is 10.8. The molecule has 1 saturated carbocycles. The molecule has 0 bridgehead atoms. The van der Waals surface area contributed by atoms with Gasteiger partial charge in [0.05, 0.1) is 5.60 Å². The van der Waals surface area contributed by atoms with Gasteiger partial charge in [0.2, 0.25) is 0 Å². The van der Waals surface area contributed by atoms with Crippen molar-refractivity contribution in [2.24, 2.45) is 5.92 Å². The third kappa shape index (κ3) is 2.44. The maximum atomic E-state index is 10.1. The molecule has 2 nitrogen and oxygen atoms in total. The normalized spacial score (nSPS) is 26.1. The fraction of sp³-hybridized carbons (Fsp3) is 1.00. The Hall–Kier alpha value is 0.270.